The molecule has 2 nitrogen and oxygen atoms in total. The number of fused-ring (bicyclic) bond motifs is 1. The molecule has 2 aromatic carbocycles. The number of hydrogen-bond acceptors (Lipinski definition) is 1. The van der Waals surface area contributed by atoms with Crippen LogP contribution in [0.4, 0.5) is 0 Å². The van der Waals surface area contributed by atoms with Gasteiger partial charge < -0.3 is 5.32 Å². The van der Waals surface area contributed by atoms with Crippen molar-refractivity contribution in [1.82, 2.24) is 5.32 Å². The van der Waals surface area contributed by atoms with E-state index in [-0.39, 0.29) is 17.3 Å². The molecule has 2 unspecified atom stereocenters. The van der Waals surface area contributed by atoms with Crippen molar-refractivity contribution in [2.24, 2.45) is 0 Å². The number of benzene rings is 2. The van der Waals surface area contributed by atoms with Crippen molar-refractivity contribution in [2.45, 2.75) is 17.8 Å². The van der Waals surface area contributed by atoms with E-state index in [1.807, 2.05) is 30.3 Å². The van der Waals surface area contributed by atoms with Gasteiger partial charge >= 0.3 is 0 Å². The number of carbonyl (C=O) groups is 1. The topological polar surface area (TPSA) is 29.1 Å². The van der Waals surface area contributed by atoms with Crippen molar-refractivity contribution in [3.63, 3.8) is 0 Å². The van der Waals surface area contributed by atoms with Crippen molar-refractivity contribution in [2.75, 3.05) is 0 Å². The first-order valence-electron chi connectivity index (χ1n) is 6.43. The number of halogens is 2. The van der Waals surface area contributed by atoms with Gasteiger partial charge in [0, 0.05) is 10.0 Å². The molecular formula is C16H13BrClNO. The van der Waals surface area contributed by atoms with E-state index in [1.54, 1.807) is 12.1 Å². The Bertz CT molecular complexity index is 641. The van der Waals surface area contributed by atoms with Crippen LogP contribution in [-0.4, -0.2) is 11.3 Å². The van der Waals surface area contributed by atoms with E-state index in [2.05, 4.69) is 27.3 Å². The number of nitrogens with one attached hydrogen (secondary N) is 1. The highest BCUT2D eigenvalue weighted by Crippen LogP contribution is 2.34. The summed E-state index contributed by atoms with van der Waals surface area (Å²) in [5.74, 6) is -0.0927. The molecule has 20 heavy (non-hydrogen) atoms. The van der Waals surface area contributed by atoms with Gasteiger partial charge in [-0.15, -0.1) is 11.6 Å². The molecule has 0 radical (unpaired) electrons. The van der Waals surface area contributed by atoms with E-state index in [1.165, 1.54) is 5.56 Å². The molecule has 2 aromatic rings. The Balaban J connectivity index is 1.81. The van der Waals surface area contributed by atoms with E-state index in [0.29, 0.717) is 5.56 Å². The molecule has 0 heterocycles. The molecule has 0 bridgehead atoms. The molecule has 0 aromatic heterocycles. The molecular weight excluding hydrogens is 338 g/mol. The fraction of sp³-hybridized carbons (Fsp3) is 0.188. The average molecular weight is 351 g/mol. The normalized spacial score (nSPS) is 20.5. The van der Waals surface area contributed by atoms with E-state index in [9.17, 15) is 4.79 Å². The van der Waals surface area contributed by atoms with Gasteiger partial charge in [-0.25, -0.2) is 0 Å². The van der Waals surface area contributed by atoms with E-state index >= 15 is 0 Å². The SMILES string of the molecule is O=C(NC1c2ccccc2CC1Cl)c1ccc(Br)cc1. The van der Waals surface area contributed by atoms with Crippen LogP contribution in [0, 0.1) is 0 Å². The summed E-state index contributed by atoms with van der Waals surface area (Å²) in [6, 6.07) is 15.3. The number of hydrogen-bond donors (Lipinski definition) is 1. The highest BCUT2D eigenvalue weighted by Gasteiger charge is 2.31. The van der Waals surface area contributed by atoms with Crippen LogP contribution in [0.15, 0.2) is 53.0 Å². The van der Waals surface area contributed by atoms with Crippen molar-refractivity contribution in [3.05, 3.63) is 69.7 Å². The van der Waals surface area contributed by atoms with Crippen LogP contribution < -0.4 is 5.32 Å². The Morgan fingerprint density at radius 2 is 1.85 bits per heavy atom. The standard InChI is InChI=1S/C16H13BrClNO/c17-12-7-5-10(6-8-12)16(20)19-15-13-4-2-1-3-11(13)9-14(15)18/h1-8,14-15H,9H2,(H,19,20). The first-order valence-corrected chi connectivity index (χ1v) is 7.66. The molecule has 0 saturated carbocycles. The number of amides is 1. The fourth-order valence-electron chi connectivity index (χ4n) is 2.54. The number of carbonyl (C=O) groups excluding carboxylic acids is 1. The molecule has 2 atom stereocenters. The molecule has 0 saturated heterocycles. The predicted octanol–water partition coefficient (Wildman–Crippen LogP) is 4.08. The van der Waals surface area contributed by atoms with Crippen LogP contribution in [0.3, 0.4) is 0 Å². The lowest BCUT2D eigenvalue weighted by Gasteiger charge is -2.17. The smallest absolute Gasteiger partial charge is 0.251 e. The van der Waals surface area contributed by atoms with Gasteiger partial charge in [-0.3, -0.25) is 4.79 Å². The first kappa shape index (κ1) is 13.7. The van der Waals surface area contributed by atoms with Crippen molar-refractivity contribution in [1.29, 1.82) is 0 Å². The van der Waals surface area contributed by atoms with Crippen LogP contribution in [0.1, 0.15) is 27.5 Å². The molecule has 1 aliphatic carbocycles. The Hall–Kier alpha value is -1.32. The molecule has 1 aliphatic rings. The second-order valence-electron chi connectivity index (χ2n) is 4.88. The minimum atomic E-state index is -0.121. The third kappa shape index (κ3) is 2.60. The molecule has 1 N–H and O–H groups in total. The summed E-state index contributed by atoms with van der Waals surface area (Å²) in [5, 5.41) is 2.94. The molecule has 0 fully saturated rings. The Labute approximate surface area is 131 Å². The zero-order valence-corrected chi connectivity index (χ0v) is 13.0. The number of rotatable bonds is 2. The van der Waals surface area contributed by atoms with Crippen molar-refractivity contribution >= 4 is 33.4 Å². The van der Waals surface area contributed by atoms with Crippen LogP contribution >= 0.6 is 27.5 Å². The molecule has 0 aliphatic heterocycles. The third-order valence-electron chi connectivity index (χ3n) is 3.56. The van der Waals surface area contributed by atoms with Crippen LogP contribution in [0.25, 0.3) is 0 Å². The lowest BCUT2D eigenvalue weighted by molar-refractivity contribution is 0.0937. The van der Waals surface area contributed by atoms with Crippen molar-refractivity contribution < 1.29 is 4.79 Å². The summed E-state index contributed by atoms with van der Waals surface area (Å²) in [5.41, 5.74) is 2.98. The lowest BCUT2D eigenvalue weighted by atomic mass is 10.1. The quantitative estimate of drug-likeness (QED) is 0.812. The number of alkyl halides is 1. The Morgan fingerprint density at radius 1 is 1.15 bits per heavy atom. The third-order valence-corrected chi connectivity index (χ3v) is 4.49. The molecule has 4 heteroatoms. The summed E-state index contributed by atoms with van der Waals surface area (Å²) in [4.78, 5) is 12.3. The predicted molar refractivity (Wildman–Crippen MR) is 84.1 cm³/mol. The van der Waals surface area contributed by atoms with Gasteiger partial charge in [0.15, 0.2) is 0 Å². The minimum Gasteiger partial charge on any atom is -0.344 e. The summed E-state index contributed by atoms with van der Waals surface area (Å²) in [6.07, 6.45) is 0.795. The summed E-state index contributed by atoms with van der Waals surface area (Å²) < 4.78 is 0.954. The summed E-state index contributed by atoms with van der Waals surface area (Å²) >= 11 is 9.74. The molecule has 0 spiro atoms. The zero-order chi connectivity index (χ0) is 14.1. The fourth-order valence-corrected chi connectivity index (χ4v) is 3.17. The largest absolute Gasteiger partial charge is 0.344 e. The van der Waals surface area contributed by atoms with Gasteiger partial charge in [0.2, 0.25) is 0 Å². The van der Waals surface area contributed by atoms with Gasteiger partial charge in [-0.1, -0.05) is 40.2 Å². The maximum atomic E-state index is 12.3. The van der Waals surface area contributed by atoms with Gasteiger partial charge in [0.1, 0.15) is 0 Å². The average Bonchev–Trinajstić information content (AvgIpc) is 2.76. The monoisotopic (exact) mass is 349 g/mol. The van der Waals surface area contributed by atoms with E-state index in [4.69, 9.17) is 11.6 Å². The van der Waals surface area contributed by atoms with Crippen LogP contribution in [-0.2, 0) is 6.42 Å². The lowest BCUT2D eigenvalue weighted by Crippen LogP contribution is -2.31. The zero-order valence-electron chi connectivity index (χ0n) is 10.6. The maximum absolute atomic E-state index is 12.3. The maximum Gasteiger partial charge on any atom is 0.251 e. The molecule has 1 amide bonds. The summed E-state index contributed by atoms with van der Waals surface area (Å²) in [6.45, 7) is 0. The summed E-state index contributed by atoms with van der Waals surface area (Å²) in [7, 11) is 0. The van der Waals surface area contributed by atoms with E-state index in [0.717, 1.165) is 16.5 Å². The minimum absolute atomic E-state index is 0.0909. The van der Waals surface area contributed by atoms with Gasteiger partial charge in [-0.05, 0) is 41.8 Å². The molecule has 3 rings (SSSR count). The van der Waals surface area contributed by atoms with Gasteiger partial charge in [-0.2, -0.15) is 0 Å². The van der Waals surface area contributed by atoms with E-state index < -0.39 is 0 Å². The Kier molecular flexibility index (Phi) is 3.81. The van der Waals surface area contributed by atoms with Crippen molar-refractivity contribution in [3.8, 4) is 0 Å². The van der Waals surface area contributed by atoms with Gasteiger partial charge in [0.25, 0.3) is 5.91 Å². The highest BCUT2D eigenvalue weighted by molar-refractivity contribution is 9.10. The van der Waals surface area contributed by atoms with Gasteiger partial charge in [0.05, 0.1) is 11.4 Å². The second kappa shape index (κ2) is 5.58. The highest BCUT2D eigenvalue weighted by atomic mass is 79.9. The van der Waals surface area contributed by atoms with Crippen LogP contribution in [0.5, 0.6) is 0 Å². The second-order valence-corrected chi connectivity index (χ2v) is 6.35. The Morgan fingerprint density at radius 3 is 2.60 bits per heavy atom. The van der Waals surface area contributed by atoms with Crippen LogP contribution in [0.2, 0.25) is 0 Å². The first-order chi connectivity index (χ1) is 9.65. The molecule has 102 valence electrons.